The number of ether oxygens (including phenoxy) is 2. The maximum Gasteiger partial charge on any atom is 0.325 e. The van der Waals surface area contributed by atoms with E-state index in [1.807, 2.05) is 60.7 Å². The van der Waals surface area contributed by atoms with Crippen molar-refractivity contribution in [3.8, 4) is 0 Å². The van der Waals surface area contributed by atoms with Crippen LogP contribution in [-0.4, -0.2) is 48.3 Å². The minimum absolute atomic E-state index is 0.188. The van der Waals surface area contributed by atoms with Crippen molar-refractivity contribution in [2.24, 2.45) is 11.8 Å². The summed E-state index contributed by atoms with van der Waals surface area (Å²) >= 11 is 0. The Kier molecular flexibility index (Phi) is 10.6. The second-order valence-corrected chi connectivity index (χ2v) is 12.9. The van der Waals surface area contributed by atoms with Crippen LogP contribution in [0, 0.1) is 11.8 Å². The third-order valence-electron chi connectivity index (χ3n) is 6.69. The quantitative estimate of drug-likeness (QED) is 0.0720. The molecule has 0 saturated heterocycles. The van der Waals surface area contributed by atoms with Gasteiger partial charge in [-0.05, 0) is 35.1 Å². The Hall–Kier alpha value is -4.54. The van der Waals surface area contributed by atoms with Crippen molar-refractivity contribution in [3.05, 3.63) is 143 Å². The molecule has 2 N–H and O–H groups in total. The number of hydrogen-bond acceptors (Lipinski definition) is 8. The molecule has 0 aliphatic carbocycles. The summed E-state index contributed by atoms with van der Waals surface area (Å²) in [7, 11) is 2.69. The first-order chi connectivity index (χ1) is 27.6. The second kappa shape index (κ2) is 20.6. The maximum absolute atomic E-state index is 13.4. The van der Waals surface area contributed by atoms with E-state index in [-0.39, 0.29) is 22.6 Å². The first-order valence-electron chi connectivity index (χ1n) is 19.9. The van der Waals surface area contributed by atoms with Crippen LogP contribution in [0.5, 0.6) is 0 Å². The Balaban J connectivity index is 1.33. The minimum atomic E-state index is -0.867. The molecule has 250 valence electrons. The Bertz CT molecular complexity index is 1910. The number of esters is 2. The number of benzene rings is 4. The van der Waals surface area contributed by atoms with E-state index in [0.29, 0.717) is 12.8 Å². The highest BCUT2D eigenvalue weighted by atomic mass is 33.1. The van der Waals surface area contributed by atoms with Crippen LogP contribution in [-0.2, 0) is 54.7 Å². The molecule has 4 rings (SSSR count). The zero-order valence-corrected chi connectivity index (χ0v) is 27.5. The first kappa shape index (κ1) is 24.6. The molecule has 4 aromatic rings. The molecule has 0 radical (unpaired) electrons. The topological polar surface area (TPSA) is 111 Å². The predicted molar refractivity (Wildman–Crippen MR) is 191 cm³/mol. The van der Waals surface area contributed by atoms with Crippen LogP contribution in [0.15, 0.2) is 121 Å². The average molecular weight is 695 g/mol. The van der Waals surface area contributed by atoms with Gasteiger partial charge in [0.15, 0.2) is 0 Å². The molecule has 0 bridgehead atoms. The fourth-order valence-corrected chi connectivity index (χ4v) is 6.85. The van der Waals surface area contributed by atoms with E-state index < -0.39 is 122 Å². The third kappa shape index (κ3) is 13.7. The van der Waals surface area contributed by atoms with E-state index in [0.717, 1.165) is 11.1 Å². The summed E-state index contributed by atoms with van der Waals surface area (Å²) in [5.74, 6) is -3.30. The molecule has 0 spiro atoms. The predicted octanol–water partition coefficient (Wildman–Crippen LogP) is 5.80. The SMILES string of the molecule is [2H]c1c([2H])c([2H])c(COC(=O)CNC(=O)C(CSSCC(Cc2ccccc2)C(=O)NCC(=O)OCc2c([2H])c([2H])c([2H])c([2H])c2[2H])Cc2ccccc2)c([2H])c1[2H]. The highest BCUT2D eigenvalue weighted by Gasteiger charge is 2.23. The van der Waals surface area contributed by atoms with E-state index in [4.69, 9.17) is 23.2 Å². The van der Waals surface area contributed by atoms with Crippen molar-refractivity contribution in [1.29, 1.82) is 0 Å². The molecule has 2 amide bonds. The Morgan fingerprint density at radius 2 is 0.938 bits per heavy atom. The van der Waals surface area contributed by atoms with Crippen molar-refractivity contribution >= 4 is 45.3 Å². The van der Waals surface area contributed by atoms with Crippen molar-refractivity contribution in [2.45, 2.75) is 26.1 Å². The van der Waals surface area contributed by atoms with Crippen molar-refractivity contribution in [2.75, 3.05) is 24.6 Å². The minimum Gasteiger partial charge on any atom is -0.460 e. The zero-order chi connectivity index (χ0) is 42.5. The summed E-state index contributed by atoms with van der Waals surface area (Å²) < 4.78 is 88.9. The number of hydrogen-bond donors (Lipinski definition) is 2. The molecular weight excluding hydrogens is 645 g/mol. The molecule has 0 aliphatic rings. The monoisotopic (exact) mass is 694 g/mol. The van der Waals surface area contributed by atoms with Gasteiger partial charge in [-0.1, -0.05) is 143 Å². The first-order valence-corrected chi connectivity index (χ1v) is 17.4. The van der Waals surface area contributed by atoms with Gasteiger partial charge in [0.2, 0.25) is 11.8 Å². The smallest absolute Gasteiger partial charge is 0.325 e. The second-order valence-electron chi connectivity index (χ2n) is 10.3. The van der Waals surface area contributed by atoms with Crippen LogP contribution in [0.25, 0.3) is 0 Å². The molecule has 48 heavy (non-hydrogen) atoms. The highest BCUT2D eigenvalue weighted by Crippen LogP contribution is 2.29. The van der Waals surface area contributed by atoms with Gasteiger partial charge in [-0.3, -0.25) is 19.2 Å². The van der Waals surface area contributed by atoms with Crippen molar-refractivity contribution in [1.82, 2.24) is 10.6 Å². The molecule has 10 heteroatoms. The molecule has 0 fully saturated rings. The number of carbonyl (C=O) groups is 4. The van der Waals surface area contributed by atoms with Gasteiger partial charge in [0.25, 0.3) is 0 Å². The van der Waals surface area contributed by atoms with Crippen LogP contribution < -0.4 is 10.6 Å². The molecule has 8 nitrogen and oxygen atoms in total. The normalized spacial score (nSPS) is 14.8. The Morgan fingerprint density at radius 1 is 0.562 bits per heavy atom. The molecular formula is C38H40N2O6S2. The van der Waals surface area contributed by atoms with Gasteiger partial charge in [-0.25, -0.2) is 0 Å². The molecule has 2 atom stereocenters. The third-order valence-corrected chi connectivity index (χ3v) is 9.25. The zero-order valence-electron chi connectivity index (χ0n) is 35.9. The van der Waals surface area contributed by atoms with Gasteiger partial charge in [-0.2, -0.15) is 0 Å². The van der Waals surface area contributed by atoms with E-state index >= 15 is 0 Å². The van der Waals surface area contributed by atoms with Gasteiger partial charge < -0.3 is 20.1 Å². The van der Waals surface area contributed by atoms with Crippen LogP contribution >= 0.6 is 21.6 Å². The molecule has 0 saturated carbocycles. The van der Waals surface area contributed by atoms with Crippen LogP contribution in [0.3, 0.4) is 0 Å². The summed E-state index contributed by atoms with van der Waals surface area (Å²) in [4.78, 5) is 51.9. The van der Waals surface area contributed by atoms with Gasteiger partial charge in [0.1, 0.15) is 26.3 Å². The lowest BCUT2D eigenvalue weighted by Gasteiger charge is -2.19. The van der Waals surface area contributed by atoms with E-state index in [1.54, 1.807) is 0 Å². The van der Waals surface area contributed by atoms with Crippen molar-refractivity contribution in [3.63, 3.8) is 0 Å². The fourth-order valence-electron chi connectivity index (χ4n) is 4.22. The standard InChI is InChI=1S/C38H40N2O6S2/c41-35(45-25-31-17-9-3-10-18-31)23-39-37(43)33(21-29-13-5-1-6-14-29)27-47-48-28-34(22-30-15-7-2-8-16-30)38(44)40-24-36(42)46-26-32-19-11-4-12-20-32/h1-20,33-34H,21-28H2,(H,39,43)(H,40,44)/i3D,4D,9D,10D,11D,12D,17D,18D,19D,20D. The van der Waals surface area contributed by atoms with Gasteiger partial charge in [0.05, 0.1) is 25.5 Å². The van der Waals surface area contributed by atoms with E-state index in [2.05, 4.69) is 10.6 Å². The lowest BCUT2D eigenvalue weighted by atomic mass is 10.0. The van der Waals surface area contributed by atoms with Crippen LogP contribution in [0.1, 0.15) is 36.0 Å². The number of carbonyl (C=O) groups excluding carboxylic acids is 4. The van der Waals surface area contributed by atoms with Gasteiger partial charge in [0, 0.05) is 11.5 Å². The number of amides is 2. The summed E-state index contributed by atoms with van der Waals surface area (Å²) in [5, 5.41) is 5.15. The van der Waals surface area contributed by atoms with E-state index in [1.165, 1.54) is 21.6 Å². The number of rotatable bonds is 19. The molecule has 2 unspecified atom stereocenters. The van der Waals surface area contributed by atoms with Gasteiger partial charge >= 0.3 is 11.9 Å². The van der Waals surface area contributed by atoms with E-state index in [9.17, 15) is 19.2 Å². The highest BCUT2D eigenvalue weighted by molar-refractivity contribution is 8.76. The summed E-state index contributed by atoms with van der Waals surface area (Å²) in [5.41, 5.74) is 1.37. The van der Waals surface area contributed by atoms with Crippen LogP contribution in [0.4, 0.5) is 0 Å². The Labute approximate surface area is 303 Å². The largest absolute Gasteiger partial charge is 0.460 e. The lowest BCUT2D eigenvalue weighted by molar-refractivity contribution is -0.145. The van der Waals surface area contributed by atoms with Gasteiger partial charge in [-0.15, -0.1) is 0 Å². The van der Waals surface area contributed by atoms with Crippen LogP contribution in [0.2, 0.25) is 0 Å². The average Bonchev–Trinajstić information content (AvgIpc) is 3.23. The fraction of sp³-hybridized carbons (Fsp3) is 0.263. The molecule has 0 aliphatic heterocycles. The summed E-state index contributed by atoms with van der Waals surface area (Å²) in [6.07, 6.45) is 0.660. The lowest BCUT2D eigenvalue weighted by Crippen LogP contribution is -2.37. The molecule has 0 aromatic heterocycles. The molecule has 0 heterocycles. The Morgan fingerprint density at radius 3 is 1.31 bits per heavy atom. The molecule has 4 aromatic carbocycles. The summed E-state index contributed by atoms with van der Waals surface area (Å²) in [6.45, 7) is -2.20. The van der Waals surface area contributed by atoms with Crippen molar-refractivity contribution < 1.29 is 42.4 Å². The maximum atomic E-state index is 13.4. The summed E-state index contributed by atoms with van der Waals surface area (Å²) in [6, 6.07) is 13.2. The number of nitrogens with one attached hydrogen (secondary N) is 2.